The van der Waals surface area contributed by atoms with E-state index in [0.717, 1.165) is 15.8 Å². The maximum atomic E-state index is 12.2. The van der Waals surface area contributed by atoms with Crippen LogP contribution in [0.1, 0.15) is 22.2 Å². The zero-order chi connectivity index (χ0) is 16.4. The van der Waals surface area contributed by atoms with Crippen LogP contribution in [0.25, 0.3) is 10.2 Å². The number of benzene rings is 1. The topological polar surface area (TPSA) is 71.1 Å². The first-order chi connectivity index (χ1) is 11.0. The van der Waals surface area contributed by atoms with Crippen LogP contribution in [-0.4, -0.2) is 22.8 Å². The van der Waals surface area contributed by atoms with Crippen molar-refractivity contribution in [1.82, 2.24) is 10.3 Å². The molecule has 0 saturated carbocycles. The average Bonchev–Trinajstić information content (AvgIpc) is 3.15. The minimum atomic E-state index is -0.640. The molecule has 0 aliphatic carbocycles. The van der Waals surface area contributed by atoms with Crippen molar-refractivity contribution in [3.63, 3.8) is 0 Å². The van der Waals surface area contributed by atoms with E-state index in [2.05, 4.69) is 15.6 Å². The summed E-state index contributed by atoms with van der Waals surface area (Å²) in [5.74, 6) is -0.534. The van der Waals surface area contributed by atoms with Crippen molar-refractivity contribution >= 4 is 49.8 Å². The molecule has 0 saturated heterocycles. The van der Waals surface area contributed by atoms with Crippen molar-refractivity contribution in [1.29, 1.82) is 0 Å². The smallest absolute Gasteiger partial charge is 0.261 e. The van der Waals surface area contributed by atoms with Crippen molar-refractivity contribution in [2.45, 2.75) is 19.9 Å². The molecule has 23 heavy (non-hydrogen) atoms. The van der Waals surface area contributed by atoms with Crippen LogP contribution in [0.2, 0.25) is 0 Å². The highest BCUT2D eigenvalue weighted by molar-refractivity contribution is 7.22. The van der Waals surface area contributed by atoms with E-state index in [0.29, 0.717) is 10.0 Å². The van der Waals surface area contributed by atoms with E-state index in [9.17, 15) is 9.59 Å². The van der Waals surface area contributed by atoms with Crippen molar-refractivity contribution in [2.75, 3.05) is 5.32 Å². The maximum absolute atomic E-state index is 12.2. The molecular formula is C16H15N3O2S2. The number of rotatable bonds is 4. The van der Waals surface area contributed by atoms with Gasteiger partial charge in [-0.1, -0.05) is 23.5 Å². The van der Waals surface area contributed by atoms with E-state index in [-0.39, 0.29) is 11.8 Å². The van der Waals surface area contributed by atoms with Gasteiger partial charge in [0, 0.05) is 0 Å². The molecule has 0 fully saturated rings. The highest BCUT2D eigenvalue weighted by Gasteiger charge is 2.18. The summed E-state index contributed by atoms with van der Waals surface area (Å²) in [6, 6.07) is 8.83. The van der Waals surface area contributed by atoms with E-state index in [1.54, 1.807) is 19.1 Å². The number of thiophene rings is 1. The highest BCUT2D eigenvalue weighted by Crippen LogP contribution is 2.26. The van der Waals surface area contributed by atoms with Crippen molar-refractivity contribution < 1.29 is 9.59 Å². The molecule has 0 aliphatic rings. The van der Waals surface area contributed by atoms with E-state index in [1.165, 1.54) is 22.7 Å². The molecule has 1 aromatic carbocycles. The molecule has 2 heterocycles. The molecule has 7 heteroatoms. The Kier molecular flexibility index (Phi) is 4.40. The lowest BCUT2D eigenvalue weighted by atomic mass is 10.2. The molecule has 0 spiro atoms. The molecule has 0 radical (unpaired) electrons. The zero-order valence-corrected chi connectivity index (χ0v) is 14.3. The predicted molar refractivity (Wildman–Crippen MR) is 94.2 cm³/mol. The van der Waals surface area contributed by atoms with Crippen LogP contribution in [0, 0.1) is 6.92 Å². The number of carbonyl (C=O) groups is 2. The largest absolute Gasteiger partial charge is 0.340 e. The number of carbonyl (C=O) groups excluding carboxylic acids is 2. The molecule has 118 valence electrons. The Hall–Kier alpha value is -2.25. The second-order valence-electron chi connectivity index (χ2n) is 5.15. The first-order valence-electron chi connectivity index (χ1n) is 7.05. The number of fused-ring (bicyclic) bond motifs is 1. The molecule has 2 aromatic heterocycles. The quantitative estimate of drug-likeness (QED) is 0.761. The van der Waals surface area contributed by atoms with Gasteiger partial charge >= 0.3 is 0 Å². The summed E-state index contributed by atoms with van der Waals surface area (Å²) in [4.78, 5) is 29.1. The lowest BCUT2D eigenvalue weighted by molar-refractivity contribution is -0.117. The Morgan fingerprint density at radius 2 is 2.09 bits per heavy atom. The molecule has 0 bridgehead atoms. The predicted octanol–water partition coefficient (Wildman–Crippen LogP) is 3.42. The molecule has 3 aromatic rings. The van der Waals surface area contributed by atoms with Gasteiger partial charge in [-0.15, -0.1) is 11.3 Å². The Morgan fingerprint density at radius 3 is 2.83 bits per heavy atom. The number of aromatic nitrogens is 1. The fraction of sp³-hybridized carbons (Fsp3) is 0.188. The Bertz CT molecular complexity index is 855. The molecular weight excluding hydrogens is 330 g/mol. The summed E-state index contributed by atoms with van der Waals surface area (Å²) in [5.41, 5.74) is 2.00. The SMILES string of the molecule is Cc1ccc2nc(NC(=O)[C@H](C)NC(=O)c3cccs3)sc2c1. The van der Waals surface area contributed by atoms with E-state index >= 15 is 0 Å². The van der Waals surface area contributed by atoms with Crippen molar-refractivity contribution in [3.8, 4) is 0 Å². The van der Waals surface area contributed by atoms with Gasteiger partial charge in [-0.2, -0.15) is 0 Å². The standard InChI is InChI=1S/C16H15N3O2S2/c1-9-5-6-11-13(8-9)23-16(18-11)19-14(20)10(2)17-15(21)12-4-3-7-22-12/h3-8,10H,1-2H3,(H,17,21)(H,18,19,20)/t10-/m0/s1. The molecule has 0 unspecified atom stereocenters. The summed E-state index contributed by atoms with van der Waals surface area (Å²) in [6.45, 7) is 3.66. The molecule has 2 amide bonds. The minimum Gasteiger partial charge on any atom is -0.340 e. The number of nitrogens with one attached hydrogen (secondary N) is 2. The minimum absolute atomic E-state index is 0.248. The number of thiazole rings is 1. The van der Waals surface area contributed by atoms with Gasteiger partial charge in [0.25, 0.3) is 5.91 Å². The third-order valence-electron chi connectivity index (χ3n) is 3.26. The zero-order valence-electron chi connectivity index (χ0n) is 12.6. The van der Waals surface area contributed by atoms with Crippen molar-refractivity contribution in [2.24, 2.45) is 0 Å². The average molecular weight is 345 g/mol. The summed E-state index contributed by atoms with van der Waals surface area (Å²) in [6.07, 6.45) is 0. The molecule has 3 rings (SSSR count). The van der Waals surface area contributed by atoms with Crippen LogP contribution in [0.5, 0.6) is 0 Å². The molecule has 5 nitrogen and oxygen atoms in total. The van der Waals surface area contributed by atoms with E-state index in [4.69, 9.17) is 0 Å². The summed E-state index contributed by atoms with van der Waals surface area (Å²) >= 11 is 2.76. The number of nitrogens with zero attached hydrogens (tertiary/aromatic N) is 1. The fourth-order valence-electron chi connectivity index (χ4n) is 2.04. The van der Waals surface area contributed by atoms with E-state index < -0.39 is 6.04 Å². The first-order valence-corrected chi connectivity index (χ1v) is 8.75. The van der Waals surface area contributed by atoms with Gasteiger partial charge in [-0.25, -0.2) is 4.98 Å². The lowest BCUT2D eigenvalue weighted by Crippen LogP contribution is -2.41. The van der Waals surface area contributed by atoms with Gasteiger partial charge in [0.2, 0.25) is 5.91 Å². The Balaban J connectivity index is 1.66. The van der Waals surface area contributed by atoms with Crippen LogP contribution in [0.3, 0.4) is 0 Å². The number of anilines is 1. The number of aryl methyl sites for hydroxylation is 1. The summed E-state index contributed by atoms with van der Waals surface area (Å²) in [5, 5.41) is 7.80. The number of hydrogen-bond acceptors (Lipinski definition) is 5. The summed E-state index contributed by atoms with van der Waals surface area (Å²) in [7, 11) is 0. The normalized spacial score (nSPS) is 12.1. The number of hydrogen-bond donors (Lipinski definition) is 2. The number of amides is 2. The van der Waals surface area contributed by atoms with Gasteiger partial charge < -0.3 is 10.6 Å². The second-order valence-corrected chi connectivity index (χ2v) is 7.13. The van der Waals surface area contributed by atoms with Crippen LogP contribution in [-0.2, 0) is 4.79 Å². The fourth-order valence-corrected chi connectivity index (χ4v) is 3.63. The first kappa shape index (κ1) is 15.6. The third-order valence-corrected chi connectivity index (χ3v) is 5.06. The van der Waals surface area contributed by atoms with Gasteiger partial charge in [-0.05, 0) is 43.0 Å². The second kappa shape index (κ2) is 6.47. The lowest BCUT2D eigenvalue weighted by Gasteiger charge is -2.12. The Morgan fingerprint density at radius 1 is 1.26 bits per heavy atom. The van der Waals surface area contributed by atoms with Gasteiger partial charge in [0.05, 0.1) is 15.1 Å². The van der Waals surface area contributed by atoms with Crippen LogP contribution >= 0.6 is 22.7 Å². The van der Waals surface area contributed by atoms with Crippen molar-refractivity contribution in [3.05, 3.63) is 46.2 Å². The molecule has 0 aliphatic heterocycles. The maximum Gasteiger partial charge on any atom is 0.261 e. The van der Waals surface area contributed by atoms with Crippen LogP contribution < -0.4 is 10.6 Å². The molecule has 2 N–H and O–H groups in total. The third kappa shape index (κ3) is 3.57. The van der Waals surface area contributed by atoms with Gasteiger partial charge in [-0.3, -0.25) is 9.59 Å². The van der Waals surface area contributed by atoms with Crippen LogP contribution in [0.15, 0.2) is 35.7 Å². The summed E-state index contributed by atoms with van der Waals surface area (Å²) < 4.78 is 1.02. The monoisotopic (exact) mass is 345 g/mol. The Labute approximate surface area is 141 Å². The molecule has 1 atom stereocenters. The highest BCUT2D eigenvalue weighted by atomic mass is 32.1. The van der Waals surface area contributed by atoms with Gasteiger partial charge in [0.1, 0.15) is 6.04 Å². The van der Waals surface area contributed by atoms with Gasteiger partial charge in [0.15, 0.2) is 5.13 Å². The van der Waals surface area contributed by atoms with E-state index in [1.807, 2.05) is 30.5 Å². The van der Waals surface area contributed by atoms with Crippen LogP contribution in [0.4, 0.5) is 5.13 Å².